The minimum Gasteiger partial charge on any atom is -0.432 e. The second-order valence-electron chi connectivity index (χ2n) is 18.3. The average molecular weight is 969 g/mol. The van der Waals surface area contributed by atoms with Gasteiger partial charge < -0.3 is 9.47 Å². The molecule has 0 spiro atoms. The van der Waals surface area contributed by atoms with Gasteiger partial charge in [0.1, 0.15) is 12.7 Å². The van der Waals surface area contributed by atoms with Crippen LogP contribution in [0.5, 0.6) is 0 Å². The molecule has 18 heteroatoms. The Labute approximate surface area is 404 Å². The van der Waals surface area contributed by atoms with Gasteiger partial charge in [0.2, 0.25) is 0 Å². The second kappa shape index (κ2) is 22.3. The van der Waals surface area contributed by atoms with Crippen molar-refractivity contribution in [2.45, 2.75) is 124 Å². The van der Waals surface area contributed by atoms with Gasteiger partial charge in [-0.3, -0.25) is 19.6 Å². The van der Waals surface area contributed by atoms with Crippen LogP contribution in [-0.2, 0) is 58.7 Å². The lowest BCUT2D eigenvalue weighted by Crippen LogP contribution is -2.55. The zero-order valence-electron chi connectivity index (χ0n) is 40.3. The second-order valence-corrected chi connectivity index (χ2v) is 18.3. The van der Waals surface area contributed by atoms with Gasteiger partial charge in [0.25, 0.3) is 0 Å². The van der Waals surface area contributed by atoms with E-state index in [1.165, 1.54) is 12.1 Å². The first-order valence-electron chi connectivity index (χ1n) is 23.0. The zero-order chi connectivity index (χ0) is 50.3. The summed E-state index contributed by atoms with van der Waals surface area (Å²) < 4.78 is 10.7. The number of carbonyl (C=O) groups excluding carboxylic acids is 6. The maximum Gasteiger partial charge on any atom is 0.543 e. The number of carbonyl (C=O) groups is 6. The highest BCUT2D eigenvalue weighted by molar-refractivity contribution is 5.93. The van der Waals surface area contributed by atoms with Gasteiger partial charge in [0.15, 0.2) is 5.60 Å². The summed E-state index contributed by atoms with van der Waals surface area (Å²) in [5, 5.41) is 9.37. The minimum atomic E-state index is -1.94. The Bertz CT molecular complexity index is 2650. The molecule has 4 bridgehead atoms. The van der Waals surface area contributed by atoms with E-state index in [-0.39, 0.29) is 60.0 Å². The van der Waals surface area contributed by atoms with Gasteiger partial charge in [0, 0.05) is 0 Å². The van der Waals surface area contributed by atoms with Crippen molar-refractivity contribution in [3.63, 3.8) is 0 Å². The zero-order valence-corrected chi connectivity index (χ0v) is 40.3. The van der Waals surface area contributed by atoms with Gasteiger partial charge in [-0.25, -0.2) is 38.5 Å². The van der Waals surface area contributed by atoms with Gasteiger partial charge in [-0.1, -0.05) is 24.3 Å². The van der Waals surface area contributed by atoms with E-state index in [0.717, 1.165) is 55.6 Å². The van der Waals surface area contributed by atoms with Crippen LogP contribution in [-0.4, -0.2) is 61.1 Å². The van der Waals surface area contributed by atoms with Gasteiger partial charge in [-0.15, -0.1) is 0 Å². The molecular formula is C52H56O18. The largest absolute Gasteiger partial charge is 0.543 e. The van der Waals surface area contributed by atoms with Gasteiger partial charge >= 0.3 is 36.2 Å². The van der Waals surface area contributed by atoms with Crippen LogP contribution < -0.4 is 0 Å². The smallest absolute Gasteiger partial charge is 0.432 e. The molecule has 4 aromatic rings. The Morgan fingerprint density at radius 3 is 1.51 bits per heavy atom. The van der Waals surface area contributed by atoms with Crippen LogP contribution in [0.1, 0.15) is 154 Å². The molecule has 70 heavy (non-hydrogen) atoms. The third-order valence-corrected chi connectivity index (χ3v) is 14.0. The lowest BCUT2D eigenvalue weighted by molar-refractivity contribution is -0.454. The molecule has 372 valence electrons. The van der Waals surface area contributed by atoms with Crippen LogP contribution in [0.4, 0.5) is 9.59 Å². The van der Waals surface area contributed by atoms with Crippen LogP contribution in [0.25, 0.3) is 0 Å². The Morgan fingerprint density at radius 1 is 0.543 bits per heavy atom. The van der Waals surface area contributed by atoms with E-state index in [2.05, 4.69) is 5.04 Å². The lowest BCUT2D eigenvalue weighted by atomic mass is 9.72. The molecule has 6 aliphatic rings. The van der Waals surface area contributed by atoms with Crippen LogP contribution in [0.3, 0.4) is 0 Å². The van der Waals surface area contributed by atoms with Crippen molar-refractivity contribution in [3.05, 3.63) is 139 Å². The van der Waals surface area contributed by atoms with E-state index in [0.29, 0.717) is 25.7 Å². The van der Waals surface area contributed by atoms with Crippen LogP contribution in [0.2, 0.25) is 0 Å². The Morgan fingerprint density at radius 2 is 1.01 bits per heavy atom. The molecule has 10 rings (SSSR count). The number of aryl methyl sites for hydroxylation is 6. The molecule has 0 saturated heterocycles. The first-order chi connectivity index (χ1) is 33.4. The molecule has 4 heterocycles. The summed E-state index contributed by atoms with van der Waals surface area (Å²) in [6, 6.07) is 16.5. The van der Waals surface area contributed by atoms with Crippen molar-refractivity contribution < 1.29 is 87.4 Å². The van der Waals surface area contributed by atoms with Crippen LogP contribution >= 0.6 is 0 Å². The lowest BCUT2D eigenvalue weighted by Gasteiger charge is -2.41. The maximum atomic E-state index is 13.7. The highest BCUT2D eigenvalue weighted by Gasteiger charge is 2.51. The van der Waals surface area contributed by atoms with E-state index in [1.54, 1.807) is 48.5 Å². The molecule has 0 aromatic heterocycles. The van der Waals surface area contributed by atoms with Crippen molar-refractivity contribution in [1.82, 2.24) is 0 Å². The van der Waals surface area contributed by atoms with E-state index in [9.17, 15) is 28.8 Å². The molecule has 0 N–H and O–H groups in total. The minimum absolute atomic E-state index is 0.0707. The van der Waals surface area contributed by atoms with Crippen molar-refractivity contribution in [2.75, 3.05) is 13.2 Å². The highest BCUT2D eigenvalue weighted by Crippen LogP contribution is 2.45. The molecule has 3 atom stereocenters. The Balaban J connectivity index is 1.17. The molecule has 2 saturated carbocycles. The van der Waals surface area contributed by atoms with Crippen molar-refractivity contribution in [1.29, 1.82) is 0 Å². The van der Waals surface area contributed by atoms with E-state index >= 15 is 0 Å². The molecule has 4 aromatic carbocycles. The molecule has 0 radical (unpaired) electrons. The number of hydrogen-bond donors (Lipinski definition) is 0. The topological polar surface area (TPSA) is 213 Å². The fourth-order valence-electron chi connectivity index (χ4n) is 9.27. The Hall–Kier alpha value is -6.86. The van der Waals surface area contributed by atoms with E-state index in [4.69, 9.17) is 53.6 Å². The maximum absolute atomic E-state index is 13.7. The quantitative estimate of drug-likeness (QED) is 0.0998. The first-order valence-corrected chi connectivity index (χ1v) is 23.0. The van der Waals surface area contributed by atoms with Crippen LogP contribution in [0.15, 0.2) is 60.7 Å². The predicted octanol–water partition coefficient (Wildman–Crippen LogP) is 10.4. The molecular weight excluding hydrogens is 913 g/mol. The van der Waals surface area contributed by atoms with E-state index < -0.39 is 60.4 Å². The number of rotatable bonds is 6. The number of benzene rings is 4. The summed E-state index contributed by atoms with van der Waals surface area (Å²) >= 11 is 0. The van der Waals surface area contributed by atoms with Crippen molar-refractivity contribution in [3.8, 4) is 0 Å². The summed E-state index contributed by atoms with van der Waals surface area (Å²) in [4.78, 5) is 122. The molecule has 0 amide bonds. The van der Waals surface area contributed by atoms with Gasteiger partial charge in [0.05, 0.1) is 38.9 Å². The monoisotopic (exact) mass is 968 g/mol. The third-order valence-electron chi connectivity index (χ3n) is 14.0. The molecule has 18 nitrogen and oxygen atoms in total. The van der Waals surface area contributed by atoms with Crippen molar-refractivity contribution >= 4 is 36.2 Å². The van der Waals surface area contributed by atoms with E-state index in [1.807, 2.05) is 55.4 Å². The number of hydrogen-bond acceptors (Lipinski definition) is 18. The summed E-state index contributed by atoms with van der Waals surface area (Å²) in [6.45, 7) is 13.9. The standard InChI is InChI=1S/C52H56O18/c1-28-9-13-39(23-32(28)5)46(53)62-61-43-25-36-21-22-52(43,68-63-47(54)40-14-10-29(2)33(6)24-40)27-60-51(58)67-70-65-49(56)42-20-12-31(4)35(8)45(42)38-17-15-37(16-18-38)44-34(7)30(3)11-19-41(44)48(55)64-69-66-50(57)59-26-36/h9-14,19-20,23-24,36-38,43H,15-18,21-22,25-27H2,1-8H3. The molecule has 4 aliphatic heterocycles. The van der Waals surface area contributed by atoms with Crippen LogP contribution in [0, 0.1) is 61.3 Å². The van der Waals surface area contributed by atoms with Gasteiger partial charge in [-0.05, 0) is 210 Å². The molecule has 3 unspecified atom stereocenters. The highest BCUT2D eigenvalue weighted by atomic mass is 17.5. The Kier molecular flexibility index (Phi) is 16.2. The van der Waals surface area contributed by atoms with Gasteiger partial charge in [-0.2, -0.15) is 9.78 Å². The molecule has 2 fully saturated rings. The number of ether oxygens (including phenoxy) is 2. The summed E-state index contributed by atoms with van der Waals surface area (Å²) in [5.41, 5.74) is 7.36. The summed E-state index contributed by atoms with van der Waals surface area (Å²) in [5.74, 6) is -4.41. The third kappa shape index (κ3) is 11.8. The normalized spacial score (nSPS) is 22.5. The molecule has 2 aliphatic carbocycles. The SMILES string of the molecule is Cc1ccc(C(=O)OOC2CC3CCC2(OOC(=O)c2ccc(C)c(C)c2)COC(=O)OOOC(=O)c2ccc(C)c(C)c2C2CCC(CC2)c2c(ccc(C)c2C)C(=O)OOOC(=O)OC3)cc1C. The fourth-order valence-corrected chi connectivity index (χ4v) is 9.27. The first kappa shape index (κ1) is 51.0. The predicted molar refractivity (Wildman–Crippen MR) is 242 cm³/mol. The fraction of sp³-hybridized carbons (Fsp3) is 0.423. The van der Waals surface area contributed by atoms with Crippen molar-refractivity contribution in [2.24, 2.45) is 5.92 Å². The summed E-state index contributed by atoms with van der Waals surface area (Å²) in [6.07, 6.45) is -1.89. The summed E-state index contributed by atoms with van der Waals surface area (Å²) in [7, 11) is 0. The average Bonchev–Trinajstić information content (AvgIpc) is 3.34.